The number of carbonyl (C=O) groups is 1. The number of aryl methyl sites for hydroxylation is 2. The monoisotopic (exact) mass is 390 g/mol. The molecule has 0 spiro atoms. The van der Waals surface area contributed by atoms with Crippen LogP contribution in [0.15, 0.2) is 78.9 Å². The molecule has 0 saturated carbocycles. The van der Waals surface area contributed by atoms with Gasteiger partial charge in [0.15, 0.2) is 0 Å². The lowest BCUT2D eigenvalue weighted by Crippen LogP contribution is -2.05. The van der Waals surface area contributed by atoms with E-state index in [1.807, 2.05) is 66.7 Å². The van der Waals surface area contributed by atoms with Gasteiger partial charge < -0.3 is 14.6 Å². The molecule has 0 aromatic heterocycles. The van der Waals surface area contributed by atoms with Crippen LogP contribution in [0.1, 0.15) is 29.5 Å². The molecular formula is C25H26O4. The van der Waals surface area contributed by atoms with Gasteiger partial charge in [0.25, 0.3) is 0 Å². The van der Waals surface area contributed by atoms with Crippen LogP contribution < -0.4 is 9.47 Å². The van der Waals surface area contributed by atoms with Crippen molar-refractivity contribution in [2.45, 2.75) is 32.3 Å². The average molecular weight is 390 g/mol. The number of benzene rings is 3. The molecule has 3 rings (SSSR count). The van der Waals surface area contributed by atoms with Crippen molar-refractivity contribution in [2.24, 2.45) is 0 Å². The highest BCUT2D eigenvalue weighted by Crippen LogP contribution is 2.24. The quantitative estimate of drug-likeness (QED) is 0.452. The summed E-state index contributed by atoms with van der Waals surface area (Å²) in [6.07, 6.45) is 2.37. The summed E-state index contributed by atoms with van der Waals surface area (Å²) in [6, 6.07) is 25.8. The van der Waals surface area contributed by atoms with Crippen molar-refractivity contribution in [1.82, 2.24) is 0 Å². The molecule has 0 amide bonds. The van der Waals surface area contributed by atoms with Crippen molar-refractivity contribution >= 4 is 5.97 Å². The van der Waals surface area contributed by atoms with E-state index in [4.69, 9.17) is 14.6 Å². The van der Waals surface area contributed by atoms with Gasteiger partial charge in [-0.25, -0.2) is 0 Å². The van der Waals surface area contributed by atoms with Crippen LogP contribution in [0.25, 0.3) is 0 Å². The van der Waals surface area contributed by atoms with E-state index in [1.54, 1.807) is 0 Å². The minimum Gasteiger partial charge on any atom is -0.493 e. The first-order valence-electron chi connectivity index (χ1n) is 9.89. The first-order valence-corrected chi connectivity index (χ1v) is 9.89. The van der Waals surface area contributed by atoms with Crippen molar-refractivity contribution in [2.75, 3.05) is 6.61 Å². The van der Waals surface area contributed by atoms with Gasteiger partial charge in [0.2, 0.25) is 0 Å². The van der Waals surface area contributed by atoms with Gasteiger partial charge in [0, 0.05) is 6.42 Å². The zero-order valence-electron chi connectivity index (χ0n) is 16.4. The van der Waals surface area contributed by atoms with Gasteiger partial charge in [-0.15, -0.1) is 0 Å². The van der Waals surface area contributed by atoms with E-state index in [1.165, 1.54) is 5.56 Å². The molecule has 0 fully saturated rings. The Morgan fingerprint density at radius 1 is 0.793 bits per heavy atom. The number of para-hydroxylation sites is 1. The van der Waals surface area contributed by atoms with Crippen molar-refractivity contribution in [1.29, 1.82) is 0 Å². The standard InChI is InChI=1S/C25H26O4/c26-25(27)16-15-22-14-13-21(19-29-23-11-5-2-6-12-23)18-24(22)28-17-7-10-20-8-3-1-4-9-20/h1-6,8-9,11-14,18H,7,10,15-17,19H2,(H,26,27). The Balaban J connectivity index is 1.61. The molecule has 1 N–H and O–H groups in total. The van der Waals surface area contributed by atoms with Crippen molar-refractivity contribution in [3.8, 4) is 11.5 Å². The van der Waals surface area contributed by atoms with Gasteiger partial charge in [0.05, 0.1) is 6.61 Å². The van der Waals surface area contributed by atoms with Crippen molar-refractivity contribution < 1.29 is 19.4 Å². The van der Waals surface area contributed by atoms with Crippen molar-refractivity contribution in [3.05, 3.63) is 95.6 Å². The molecule has 0 heterocycles. The fourth-order valence-corrected chi connectivity index (χ4v) is 3.06. The highest BCUT2D eigenvalue weighted by Gasteiger charge is 2.09. The van der Waals surface area contributed by atoms with Crippen LogP contribution in [0.2, 0.25) is 0 Å². The molecule has 0 aliphatic carbocycles. The maximum absolute atomic E-state index is 11.0. The lowest BCUT2D eigenvalue weighted by atomic mass is 10.1. The largest absolute Gasteiger partial charge is 0.493 e. The number of ether oxygens (including phenoxy) is 2. The van der Waals surface area contributed by atoms with Crippen LogP contribution in [0, 0.1) is 0 Å². The number of hydrogen-bond acceptors (Lipinski definition) is 3. The summed E-state index contributed by atoms with van der Waals surface area (Å²) in [4.78, 5) is 11.0. The van der Waals surface area contributed by atoms with E-state index < -0.39 is 5.97 Å². The third-order valence-corrected chi connectivity index (χ3v) is 4.60. The maximum atomic E-state index is 11.0. The lowest BCUT2D eigenvalue weighted by molar-refractivity contribution is -0.136. The summed E-state index contributed by atoms with van der Waals surface area (Å²) in [5.41, 5.74) is 3.19. The van der Waals surface area contributed by atoms with Gasteiger partial charge in [-0.1, -0.05) is 60.7 Å². The minimum atomic E-state index is -0.809. The van der Waals surface area contributed by atoms with Crippen LogP contribution in [0.4, 0.5) is 0 Å². The Morgan fingerprint density at radius 3 is 2.24 bits per heavy atom. The number of carboxylic acid groups (broad SMARTS) is 1. The Kier molecular flexibility index (Phi) is 7.70. The molecule has 0 radical (unpaired) electrons. The van der Waals surface area contributed by atoms with Crippen LogP contribution >= 0.6 is 0 Å². The molecule has 3 aromatic rings. The smallest absolute Gasteiger partial charge is 0.303 e. The van der Waals surface area contributed by atoms with Gasteiger partial charge in [-0.05, 0) is 54.2 Å². The topological polar surface area (TPSA) is 55.8 Å². The van der Waals surface area contributed by atoms with E-state index >= 15 is 0 Å². The zero-order valence-corrected chi connectivity index (χ0v) is 16.4. The minimum absolute atomic E-state index is 0.0836. The van der Waals surface area contributed by atoms with Gasteiger partial charge in [-0.3, -0.25) is 4.79 Å². The van der Waals surface area contributed by atoms with Gasteiger partial charge >= 0.3 is 5.97 Å². The second-order valence-electron chi connectivity index (χ2n) is 6.88. The summed E-state index contributed by atoms with van der Waals surface area (Å²) in [5.74, 6) is 0.748. The summed E-state index contributed by atoms with van der Waals surface area (Å²) >= 11 is 0. The molecule has 4 nitrogen and oxygen atoms in total. The number of hydrogen-bond donors (Lipinski definition) is 1. The normalized spacial score (nSPS) is 10.5. The average Bonchev–Trinajstić information content (AvgIpc) is 2.76. The third kappa shape index (κ3) is 7.00. The highest BCUT2D eigenvalue weighted by atomic mass is 16.5. The summed E-state index contributed by atoms with van der Waals surface area (Å²) in [6.45, 7) is 1.02. The van der Waals surface area contributed by atoms with Gasteiger partial charge in [-0.2, -0.15) is 0 Å². The third-order valence-electron chi connectivity index (χ3n) is 4.60. The Labute approximate surface area is 171 Å². The maximum Gasteiger partial charge on any atom is 0.303 e. The van der Waals surface area contributed by atoms with E-state index in [9.17, 15) is 4.79 Å². The van der Waals surface area contributed by atoms with E-state index in [0.29, 0.717) is 19.6 Å². The van der Waals surface area contributed by atoms with E-state index in [0.717, 1.165) is 35.5 Å². The zero-order chi connectivity index (χ0) is 20.3. The molecular weight excluding hydrogens is 364 g/mol. The van der Waals surface area contributed by atoms with E-state index in [-0.39, 0.29) is 6.42 Å². The molecule has 0 bridgehead atoms. The predicted molar refractivity (Wildman–Crippen MR) is 113 cm³/mol. The SMILES string of the molecule is O=C(O)CCc1ccc(COc2ccccc2)cc1OCCCc1ccccc1. The molecule has 150 valence electrons. The Morgan fingerprint density at radius 2 is 1.52 bits per heavy atom. The Hall–Kier alpha value is -3.27. The van der Waals surface area contributed by atoms with Crippen LogP contribution in [0.5, 0.6) is 11.5 Å². The molecule has 29 heavy (non-hydrogen) atoms. The highest BCUT2D eigenvalue weighted by molar-refractivity contribution is 5.67. The summed E-state index contributed by atoms with van der Waals surface area (Å²) in [7, 11) is 0. The summed E-state index contributed by atoms with van der Waals surface area (Å²) < 4.78 is 11.9. The molecule has 0 saturated heterocycles. The second-order valence-corrected chi connectivity index (χ2v) is 6.88. The first kappa shape index (κ1) is 20.5. The Bertz CT molecular complexity index is 891. The molecule has 3 aromatic carbocycles. The van der Waals surface area contributed by atoms with Crippen LogP contribution in [-0.2, 0) is 24.2 Å². The molecule has 0 unspecified atom stereocenters. The summed E-state index contributed by atoms with van der Waals surface area (Å²) in [5, 5.41) is 9.01. The van der Waals surface area contributed by atoms with E-state index in [2.05, 4.69) is 12.1 Å². The second kappa shape index (κ2) is 10.9. The predicted octanol–water partition coefficient (Wildman–Crippen LogP) is 5.29. The fraction of sp³-hybridized carbons (Fsp3) is 0.240. The molecule has 0 aliphatic rings. The van der Waals surface area contributed by atoms with Crippen molar-refractivity contribution in [3.63, 3.8) is 0 Å². The molecule has 0 atom stereocenters. The number of rotatable bonds is 11. The van der Waals surface area contributed by atoms with Gasteiger partial charge in [0.1, 0.15) is 18.1 Å². The van der Waals surface area contributed by atoms with Crippen LogP contribution in [0.3, 0.4) is 0 Å². The van der Waals surface area contributed by atoms with Crippen LogP contribution in [-0.4, -0.2) is 17.7 Å². The lowest BCUT2D eigenvalue weighted by Gasteiger charge is -2.14. The fourth-order valence-electron chi connectivity index (χ4n) is 3.06. The number of aliphatic carboxylic acids is 1. The number of carboxylic acids is 1. The molecule has 0 aliphatic heterocycles. The molecule has 4 heteroatoms. The first-order chi connectivity index (χ1) is 14.2.